The van der Waals surface area contributed by atoms with Gasteiger partial charge >= 0.3 is 0 Å². The molecule has 2 rings (SSSR count). The molecule has 0 aliphatic heterocycles. The van der Waals surface area contributed by atoms with Crippen LogP contribution >= 0.6 is 0 Å². The van der Waals surface area contributed by atoms with E-state index < -0.39 is 0 Å². The maximum absolute atomic E-state index is 12.1. The number of rotatable bonds is 7. The van der Waals surface area contributed by atoms with Crippen LogP contribution in [0.25, 0.3) is 0 Å². The van der Waals surface area contributed by atoms with Crippen LogP contribution in [0, 0.1) is 13.8 Å². The normalized spacial score (nSPS) is 11.0. The smallest absolute Gasteiger partial charge is 0.259 e. The van der Waals surface area contributed by atoms with Crippen molar-refractivity contribution in [2.45, 2.75) is 20.8 Å². The summed E-state index contributed by atoms with van der Waals surface area (Å²) in [4.78, 5) is 12.1. The minimum atomic E-state index is -0.225. The summed E-state index contributed by atoms with van der Waals surface area (Å²) in [6, 6.07) is 11.5. The van der Waals surface area contributed by atoms with Crippen molar-refractivity contribution >= 4 is 17.3 Å². The Morgan fingerprint density at radius 3 is 2.50 bits per heavy atom. The van der Waals surface area contributed by atoms with Crippen LogP contribution in [0.5, 0.6) is 11.5 Å². The van der Waals surface area contributed by atoms with Crippen LogP contribution in [0.15, 0.2) is 41.5 Å². The highest BCUT2D eigenvalue weighted by molar-refractivity contribution is 6.01. The first-order valence-electron chi connectivity index (χ1n) is 8.31. The summed E-state index contributed by atoms with van der Waals surface area (Å²) < 4.78 is 10.5. The van der Waals surface area contributed by atoms with Gasteiger partial charge < -0.3 is 14.8 Å². The highest BCUT2D eigenvalue weighted by Gasteiger charge is 2.09. The molecule has 0 heterocycles. The van der Waals surface area contributed by atoms with E-state index in [4.69, 9.17) is 9.47 Å². The Kier molecular flexibility index (Phi) is 6.60. The van der Waals surface area contributed by atoms with Gasteiger partial charge in [0, 0.05) is 17.3 Å². The molecule has 0 aromatic heterocycles. The first kappa shape index (κ1) is 19.3. The topological polar surface area (TPSA) is 72.0 Å². The average Bonchev–Trinajstić information content (AvgIpc) is 2.64. The van der Waals surface area contributed by atoms with E-state index in [1.807, 2.05) is 45.0 Å². The number of hydrazone groups is 1. The quantitative estimate of drug-likeness (QED) is 0.591. The van der Waals surface area contributed by atoms with Gasteiger partial charge in [0.2, 0.25) is 0 Å². The van der Waals surface area contributed by atoms with E-state index >= 15 is 0 Å². The van der Waals surface area contributed by atoms with Gasteiger partial charge in [0.05, 0.1) is 26.5 Å². The molecule has 0 aliphatic carbocycles. The second-order valence-electron chi connectivity index (χ2n) is 5.97. The maximum atomic E-state index is 12.1. The van der Waals surface area contributed by atoms with Crippen LogP contribution in [-0.4, -0.2) is 32.4 Å². The van der Waals surface area contributed by atoms with E-state index in [-0.39, 0.29) is 12.5 Å². The molecule has 138 valence electrons. The van der Waals surface area contributed by atoms with E-state index in [2.05, 4.69) is 21.9 Å². The van der Waals surface area contributed by atoms with Crippen LogP contribution in [0.1, 0.15) is 23.6 Å². The van der Waals surface area contributed by atoms with Crippen molar-refractivity contribution in [2.75, 3.05) is 26.1 Å². The Labute approximate surface area is 154 Å². The molecule has 0 unspecified atom stereocenters. The van der Waals surface area contributed by atoms with Crippen molar-refractivity contribution in [2.24, 2.45) is 5.10 Å². The van der Waals surface area contributed by atoms with Crippen molar-refractivity contribution in [3.05, 3.63) is 53.1 Å². The predicted octanol–water partition coefficient (Wildman–Crippen LogP) is 3.27. The number of nitrogens with zero attached hydrogens (tertiary/aromatic N) is 1. The summed E-state index contributed by atoms with van der Waals surface area (Å²) in [5, 5.41) is 7.28. The molecule has 0 atom stereocenters. The summed E-state index contributed by atoms with van der Waals surface area (Å²) in [7, 11) is 3.18. The Bertz CT molecular complexity index is 816. The van der Waals surface area contributed by atoms with E-state index in [1.54, 1.807) is 20.3 Å². The molecular formula is C20H25N3O3. The number of anilines is 1. The zero-order valence-corrected chi connectivity index (χ0v) is 15.8. The third kappa shape index (κ3) is 4.99. The summed E-state index contributed by atoms with van der Waals surface area (Å²) in [6.07, 6.45) is 0. The predicted molar refractivity (Wildman–Crippen MR) is 104 cm³/mol. The Morgan fingerprint density at radius 2 is 1.85 bits per heavy atom. The molecule has 0 saturated carbocycles. The average molecular weight is 355 g/mol. The van der Waals surface area contributed by atoms with Crippen LogP contribution in [-0.2, 0) is 4.79 Å². The first-order valence-corrected chi connectivity index (χ1v) is 8.31. The second-order valence-corrected chi connectivity index (χ2v) is 5.97. The molecule has 0 radical (unpaired) electrons. The summed E-state index contributed by atoms with van der Waals surface area (Å²) >= 11 is 0. The van der Waals surface area contributed by atoms with Gasteiger partial charge in [-0.2, -0.15) is 5.10 Å². The van der Waals surface area contributed by atoms with Crippen molar-refractivity contribution in [1.29, 1.82) is 0 Å². The molecular weight excluding hydrogens is 330 g/mol. The minimum Gasteiger partial charge on any atom is -0.497 e. The van der Waals surface area contributed by atoms with Gasteiger partial charge in [-0.15, -0.1) is 0 Å². The SMILES string of the molecule is COc1ccc(/C(C)=N/NC(=O)CNc2ccc(C)cc2C)c(OC)c1. The molecule has 2 aromatic carbocycles. The van der Waals surface area contributed by atoms with Crippen molar-refractivity contribution < 1.29 is 14.3 Å². The van der Waals surface area contributed by atoms with Crippen molar-refractivity contribution in [3.63, 3.8) is 0 Å². The lowest BCUT2D eigenvalue weighted by molar-refractivity contribution is -0.119. The number of amides is 1. The molecule has 0 aliphatic rings. The number of ether oxygens (including phenoxy) is 2. The molecule has 6 heteroatoms. The van der Waals surface area contributed by atoms with Gasteiger partial charge in [-0.3, -0.25) is 4.79 Å². The van der Waals surface area contributed by atoms with Crippen LogP contribution < -0.4 is 20.2 Å². The molecule has 2 aromatic rings. The fraction of sp³-hybridized carbons (Fsp3) is 0.300. The number of aryl methyl sites for hydroxylation is 2. The van der Waals surface area contributed by atoms with Gasteiger partial charge in [0.15, 0.2) is 0 Å². The largest absolute Gasteiger partial charge is 0.497 e. The number of nitrogens with one attached hydrogen (secondary N) is 2. The van der Waals surface area contributed by atoms with Crippen LogP contribution in [0.3, 0.4) is 0 Å². The van der Waals surface area contributed by atoms with Crippen molar-refractivity contribution in [3.8, 4) is 11.5 Å². The van der Waals surface area contributed by atoms with Gasteiger partial charge in [-0.05, 0) is 44.5 Å². The number of benzene rings is 2. The first-order chi connectivity index (χ1) is 12.4. The molecule has 0 spiro atoms. The molecule has 0 fully saturated rings. The fourth-order valence-corrected chi connectivity index (χ4v) is 2.53. The van der Waals surface area contributed by atoms with Gasteiger partial charge in [-0.25, -0.2) is 5.43 Å². The molecule has 26 heavy (non-hydrogen) atoms. The third-order valence-corrected chi connectivity index (χ3v) is 3.97. The second kappa shape index (κ2) is 8.89. The van der Waals surface area contributed by atoms with E-state index in [0.717, 1.165) is 16.8 Å². The maximum Gasteiger partial charge on any atom is 0.259 e. The highest BCUT2D eigenvalue weighted by Crippen LogP contribution is 2.25. The minimum absolute atomic E-state index is 0.139. The molecule has 6 nitrogen and oxygen atoms in total. The summed E-state index contributed by atoms with van der Waals surface area (Å²) in [5.74, 6) is 1.10. The van der Waals surface area contributed by atoms with Gasteiger partial charge in [-0.1, -0.05) is 17.7 Å². The van der Waals surface area contributed by atoms with Gasteiger partial charge in [0.25, 0.3) is 5.91 Å². The van der Waals surface area contributed by atoms with E-state index in [9.17, 15) is 4.79 Å². The lowest BCUT2D eigenvalue weighted by atomic mass is 10.1. The molecule has 2 N–H and O–H groups in total. The lowest BCUT2D eigenvalue weighted by Crippen LogP contribution is -2.27. The van der Waals surface area contributed by atoms with Crippen molar-refractivity contribution in [1.82, 2.24) is 5.43 Å². The van der Waals surface area contributed by atoms with Gasteiger partial charge in [0.1, 0.15) is 11.5 Å². The van der Waals surface area contributed by atoms with E-state index in [0.29, 0.717) is 17.2 Å². The summed E-state index contributed by atoms with van der Waals surface area (Å²) in [6.45, 7) is 5.99. The molecule has 1 amide bonds. The zero-order valence-electron chi connectivity index (χ0n) is 15.8. The number of hydrogen-bond donors (Lipinski definition) is 2. The Balaban J connectivity index is 1.98. The monoisotopic (exact) mass is 355 g/mol. The number of methoxy groups -OCH3 is 2. The van der Waals surface area contributed by atoms with Crippen LogP contribution in [0.2, 0.25) is 0 Å². The standard InChI is InChI=1S/C20H25N3O3/c1-13-6-9-18(14(2)10-13)21-12-20(24)23-22-15(3)17-8-7-16(25-4)11-19(17)26-5/h6-11,21H,12H2,1-5H3,(H,23,24)/b22-15+. The van der Waals surface area contributed by atoms with Crippen LogP contribution in [0.4, 0.5) is 5.69 Å². The molecule has 0 saturated heterocycles. The van der Waals surface area contributed by atoms with E-state index in [1.165, 1.54) is 5.56 Å². The fourth-order valence-electron chi connectivity index (χ4n) is 2.53. The summed E-state index contributed by atoms with van der Waals surface area (Å²) in [5.41, 5.74) is 7.21. The Morgan fingerprint density at radius 1 is 1.08 bits per heavy atom. The third-order valence-electron chi connectivity index (χ3n) is 3.97. The Hall–Kier alpha value is -3.02. The number of carbonyl (C=O) groups excluding carboxylic acids is 1. The molecule has 0 bridgehead atoms. The number of hydrogen-bond acceptors (Lipinski definition) is 5. The lowest BCUT2D eigenvalue weighted by Gasteiger charge is -2.11. The number of carbonyl (C=O) groups is 1. The highest BCUT2D eigenvalue weighted by atomic mass is 16.5. The zero-order chi connectivity index (χ0) is 19.1.